The van der Waals surface area contributed by atoms with Gasteiger partial charge in [0.05, 0.1) is 12.1 Å². The molecule has 4 nitrogen and oxygen atoms in total. The quantitative estimate of drug-likeness (QED) is 0.242. The Labute approximate surface area is 72.4 Å². The number of amides is 1. The topological polar surface area (TPSA) is 58.2 Å². The first kappa shape index (κ1) is 9.25. The Bertz CT molecular complexity index is 206. The summed E-state index contributed by atoms with van der Waals surface area (Å²) in [6.07, 6.45) is 0.670. The van der Waals surface area contributed by atoms with Crippen molar-refractivity contribution in [3.05, 3.63) is 0 Å². The lowest BCUT2D eigenvalue weighted by Gasteiger charge is -2.44. The van der Waals surface area contributed by atoms with Gasteiger partial charge in [0.1, 0.15) is 0 Å². The molecule has 5 heteroatoms. The standard InChI is InChI=1S/C7H12BN2O2/c1-7(2)5(6(12)10-7)3-9-8-4-11/h4-5,9H,3H2,1-2H3,(H,10,12)/t5-/m0/s1. The number of carbonyl (C=O) groups excluding carboxylic acids is 2. The zero-order valence-corrected chi connectivity index (χ0v) is 7.26. The van der Waals surface area contributed by atoms with Gasteiger partial charge in [0.25, 0.3) is 7.41 Å². The second-order valence-corrected chi connectivity index (χ2v) is 3.47. The SMILES string of the molecule is CC1(C)NC(=O)[C@@H]1CN[B]C=O. The molecule has 65 valence electrons. The Hall–Kier alpha value is -0.835. The van der Waals surface area contributed by atoms with E-state index in [-0.39, 0.29) is 17.4 Å². The normalized spacial score (nSPS) is 25.5. The summed E-state index contributed by atoms with van der Waals surface area (Å²) < 4.78 is 0. The number of nitrogens with one attached hydrogen (secondary N) is 2. The predicted molar refractivity (Wildman–Crippen MR) is 46.2 cm³/mol. The summed E-state index contributed by atoms with van der Waals surface area (Å²) in [5.41, 5.74) is -0.138. The molecule has 1 aliphatic rings. The number of hydrogen-bond donors (Lipinski definition) is 2. The highest BCUT2D eigenvalue weighted by molar-refractivity contribution is 6.64. The lowest BCUT2D eigenvalue weighted by Crippen LogP contribution is -2.68. The molecular formula is C7H12BN2O2. The Morgan fingerprint density at radius 3 is 2.83 bits per heavy atom. The molecule has 0 aromatic rings. The lowest BCUT2D eigenvalue weighted by atomic mass is 9.78. The van der Waals surface area contributed by atoms with Crippen molar-refractivity contribution < 1.29 is 9.59 Å². The van der Waals surface area contributed by atoms with Gasteiger partial charge >= 0.3 is 0 Å². The van der Waals surface area contributed by atoms with Crippen LogP contribution < -0.4 is 10.5 Å². The van der Waals surface area contributed by atoms with Gasteiger partial charge < -0.3 is 15.3 Å². The van der Waals surface area contributed by atoms with Crippen LogP contribution in [0.3, 0.4) is 0 Å². The van der Waals surface area contributed by atoms with Crippen LogP contribution in [0.15, 0.2) is 0 Å². The van der Waals surface area contributed by atoms with Crippen LogP contribution in [-0.4, -0.2) is 31.6 Å². The largest absolute Gasteiger partial charge is 0.353 e. The minimum Gasteiger partial charge on any atom is -0.353 e. The van der Waals surface area contributed by atoms with E-state index in [1.165, 1.54) is 7.41 Å². The van der Waals surface area contributed by atoms with E-state index in [1.54, 1.807) is 0 Å². The third-order valence-corrected chi connectivity index (χ3v) is 2.14. The van der Waals surface area contributed by atoms with E-state index in [0.29, 0.717) is 12.7 Å². The van der Waals surface area contributed by atoms with Crippen LogP contribution in [0.2, 0.25) is 0 Å². The van der Waals surface area contributed by atoms with Crippen LogP contribution in [0.1, 0.15) is 13.8 Å². The van der Waals surface area contributed by atoms with Crippen molar-refractivity contribution >= 4 is 19.5 Å². The first-order valence-electron chi connectivity index (χ1n) is 3.90. The van der Waals surface area contributed by atoms with Crippen molar-refractivity contribution in [1.29, 1.82) is 0 Å². The van der Waals surface area contributed by atoms with E-state index in [1.807, 2.05) is 13.8 Å². The summed E-state index contributed by atoms with van der Waals surface area (Å²) >= 11 is 0. The third-order valence-electron chi connectivity index (χ3n) is 2.14. The van der Waals surface area contributed by atoms with Crippen LogP contribution >= 0.6 is 0 Å². The number of hydrogen-bond acceptors (Lipinski definition) is 3. The van der Waals surface area contributed by atoms with Gasteiger partial charge in [0, 0.05) is 5.54 Å². The molecule has 1 aliphatic heterocycles. The van der Waals surface area contributed by atoms with Crippen LogP contribution in [0.4, 0.5) is 0 Å². The molecule has 1 atom stereocenters. The average Bonchev–Trinajstić information content (AvgIpc) is 1.97. The molecule has 1 rings (SSSR count). The molecule has 0 aromatic carbocycles. The van der Waals surface area contributed by atoms with Gasteiger partial charge in [0.2, 0.25) is 5.91 Å². The van der Waals surface area contributed by atoms with Crippen molar-refractivity contribution in [3.63, 3.8) is 0 Å². The van der Waals surface area contributed by atoms with E-state index >= 15 is 0 Å². The fourth-order valence-electron chi connectivity index (χ4n) is 1.32. The van der Waals surface area contributed by atoms with Crippen LogP contribution in [-0.2, 0) is 9.59 Å². The lowest BCUT2D eigenvalue weighted by molar-refractivity contribution is -0.139. The minimum absolute atomic E-state index is 0.0336. The molecule has 1 saturated heterocycles. The summed E-state index contributed by atoms with van der Waals surface area (Å²) in [6, 6.07) is 0. The zero-order chi connectivity index (χ0) is 9.19. The van der Waals surface area contributed by atoms with Crippen LogP contribution in [0.25, 0.3) is 0 Å². The second kappa shape index (κ2) is 3.27. The van der Waals surface area contributed by atoms with Crippen molar-refractivity contribution in [3.8, 4) is 0 Å². The maximum absolute atomic E-state index is 11.0. The number of rotatable bonds is 4. The summed E-state index contributed by atoms with van der Waals surface area (Å²) in [6.45, 7) is 4.45. The van der Waals surface area contributed by atoms with Crippen LogP contribution in [0.5, 0.6) is 0 Å². The molecule has 0 saturated carbocycles. The maximum Gasteiger partial charge on any atom is 0.290 e. The first-order valence-corrected chi connectivity index (χ1v) is 3.90. The first-order chi connectivity index (χ1) is 5.58. The highest BCUT2D eigenvalue weighted by atomic mass is 16.2. The Morgan fingerprint density at radius 2 is 2.42 bits per heavy atom. The van der Waals surface area contributed by atoms with Crippen molar-refractivity contribution in [1.82, 2.24) is 10.5 Å². The van der Waals surface area contributed by atoms with E-state index in [0.717, 1.165) is 0 Å². The van der Waals surface area contributed by atoms with Crippen molar-refractivity contribution in [2.75, 3.05) is 6.54 Å². The molecule has 0 aromatic heterocycles. The zero-order valence-electron chi connectivity index (χ0n) is 7.26. The fourth-order valence-corrected chi connectivity index (χ4v) is 1.32. The van der Waals surface area contributed by atoms with E-state index < -0.39 is 0 Å². The smallest absolute Gasteiger partial charge is 0.290 e. The van der Waals surface area contributed by atoms with Gasteiger partial charge in [-0.2, -0.15) is 0 Å². The second-order valence-electron chi connectivity index (χ2n) is 3.47. The molecule has 0 aliphatic carbocycles. The highest BCUT2D eigenvalue weighted by Crippen LogP contribution is 2.25. The molecule has 1 fully saturated rings. The maximum atomic E-state index is 11.0. The summed E-state index contributed by atoms with van der Waals surface area (Å²) in [5.74, 6) is 0.0144. The molecule has 12 heavy (non-hydrogen) atoms. The molecule has 1 heterocycles. The molecule has 0 spiro atoms. The molecule has 0 bridgehead atoms. The summed E-state index contributed by atoms with van der Waals surface area (Å²) in [4.78, 5) is 20.9. The van der Waals surface area contributed by atoms with Gasteiger partial charge in [-0.05, 0) is 20.4 Å². The Kier molecular flexibility index (Phi) is 2.52. The van der Waals surface area contributed by atoms with Gasteiger partial charge in [-0.25, -0.2) is 0 Å². The van der Waals surface area contributed by atoms with E-state index in [2.05, 4.69) is 10.5 Å². The number of β-lactam (4-membered cyclic amide) rings is 1. The summed E-state index contributed by atoms with van der Waals surface area (Å²) in [7, 11) is 1.31. The predicted octanol–water partition coefficient (Wildman–Crippen LogP) is -1.09. The Balaban J connectivity index is 2.31. The molecular weight excluding hydrogens is 155 g/mol. The monoisotopic (exact) mass is 167 g/mol. The fraction of sp³-hybridized carbons (Fsp3) is 0.714. The van der Waals surface area contributed by atoms with Crippen molar-refractivity contribution in [2.24, 2.45) is 5.92 Å². The molecule has 1 radical (unpaired) electrons. The average molecular weight is 167 g/mol. The third kappa shape index (κ3) is 1.66. The van der Waals surface area contributed by atoms with Gasteiger partial charge in [-0.1, -0.05) is 0 Å². The molecule has 1 amide bonds. The van der Waals surface area contributed by atoms with E-state index in [4.69, 9.17) is 0 Å². The van der Waals surface area contributed by atoms with Gasteiger partial charge in [0.15, 0.2) is 0 Å². The Morgan fingerprint density at radius 1 is 1.75 bits per heavy atom. The molecule has 0 unspecified atom stereocenters. The summed E-state index contributed by atoms with van der Waals surface area (Å²) in [5, 5.41) is 5.55. The minimum atomic E-state index is -0.138. The number of carbonyl (C=O) groups is 2. The van der Waals surface area contributed by atoms with Gasteiger partial charge in [-0.3, -0.25) is 4.79 Å². The van der Waals surface area contributed by atoms with Gasteiger partial charge in [-0.15, -0.1) is 0 Å². The van der Waals surface area contributed by atoms with Crippen LogP contribution in [0, 0.1) is 5.92 Å². The molecule has 2 N–H and O–H groups in total. The van der Waals surface area contributed by atoms with Crippen molar-refractivity contribution in [2.45, 2.75) is 19.4 Å². The highest BCUT2D eigenvalue weighted by Gasteiger charge is 2.45. The van der Waals surface area contributed by atoms with E-state index in [9.17, 15) is 9.59 Å².